The smallest absolute Gasteiger partial charge is 0.0451 e. The minimum Gasteiger partial charge on any atom is -0.385 e. The Bertz CT molecular complexity index is 612. The van der Waals surface area contributed by atoms with Gasteiger partial charge in [0, 0.05) is 36.3 Å². The Labute approximate surface area is 131 Å². The summed E-state index contributed by atoms with van der Waals surface area (Å²) in [5.41, 5.74) is 3.93. The van der Waals surface area contributed by atoms with Gasteiger partial charge in [0.1, 0.15) is 0 Å². The van der Waals surface area contributed by atoms with Gasteiger partial charge in [-0.3, -0.25) is 0 Å². The standard InChI is InChI=1S/C18H21ClN2/c1-21(13-15-6-2-4-8-17(15)19)12-14-10-11-20-18-9-5-3-7-16(14)18/h2-9,14,20H,10-13H2,1H3. The fourth-order valence-electron chi connectivity index (χ4n) is 3.10. The van der Waals surface area contributed by atoms with E-state index in [0.717, 1.165) is 24.7 Å². The third-order valence-corrected chi connectivity index (χ3v) is 4.51. The molecule has 0 saturated carbocycles. The van der Waals surface area contributed by atoms with Crippen LogP contribution >= 0.6 is 11.6 Å². The minimum absolute atomic E-state index is 0.593. The van der Waals surface area contributed by atoms with E-state index in [2.05, 4.69) is 53.7 Å². The highest BCUT2D eigenvalue weighted by molar-refractivity contribution is 6.31. The third-order valence-electron chi connectivity index (χ3n) is 4.14. The Morgan fingerprint density at radius 3 is 2.76 bits per heavy atom. The molecule has 2 aromatic rings. The van der Waals surface area contributed by atoms with Crippen LogP contribution < -0.4 is 5.32 Å². The minimum atomic E-state index is 0.593. The summed E-state index contributed by atoms with van der Waals surface area (Å²) in [6, 6.07) is 16.8. The van der Waals surface area contributed by atoms with Crippen molar-refractivity contribution in [3.63, 3.8) is 0 Å². The summed E-state index contributed by atoms with van der Waals surface area (Å²) in [6.45, 7) is 3.01. The number of fused-ring (bicyclic) bond motifs is 1. The Balaban J connectivity index is 1.69. The average molecular weight is 301 g/mol. The van der Waals surface area contributed by atoms with E-state index in [1.807, 2.05) is 12.1 Å². The van der Waals surface area contributed by atoms with Gasteiger partial charge in [-0.1, -0.05) is 48.0 Å². The lowest BCUT2D eigenvalue weighted by Crippen LogP contribution is -2.28. The van der Waals surface area contributed by atoms with Gasteiger partial charge in [-0.15, -0.1) is 0 Å². The lowest BCUT2D eigenvalue weighted by atomic mass is 9.90. The molecule has 21 heavy (non-hydrogen) atoms. The lowest BCUT2D eigenvalue weighted by molar-refractivity contribution is 0.297. The van der Waals surface area contributed by atoms with Gasteiger partial charge in [0.25, 0.3) is 0 Å². The molecular weight excluding hydrogens is 280 g/mol. The summed E-state index contributed by atoms with van der Waals surface area (Å²) in [6.07, 6.45) is 1.18. The van der Waals surface area contributed by atoms with E-state index in [-0.39, 0.29) is 0 Å². The molecule has 3 rings (SSSR count). The molecule has 1 heterocycles. The van der Waals surface area contributed by atoms with Crippen molar-refractivity contribution in [3.8, 4) is 0 Å². The van der Waals surface area contributed by atoms with Crippen LogP contribution in [0, 0.1) is 0 Å². The van der Waals surface area contributed by atoms with Crippen molar-refractivity contribution in [1.29, 1.82) is 0 Å². The normalized spacial score (nSPS) is 17.4. The second-order valence-electron chi connectivity index (χ2n) is 5.79. The Morgan fingerprint density at radius 1 is 1.14 bits per heavy atom. The van der Waals surface area contributed by atoms with Crippen LogP contribution in [0.15, 0.2) is 48.5 Å². The van der Waals surface area contributed by atoms with E-state index in [0.29, 0.717) is 5.92 Å². The van der Waals surface area contributed by atoms with Crippen LogP contribution in [0.25, 0.3) is 0 Å². The van der Waals surface area contributed by atoms with Crippen LogP contribution in [0.5, 0.6) is 0 Å². The van der Waals surface area contributed by atoms with Crippen molar-refractivity contribution in [3.05, 3.63) is 64.7 Å². The van der Waals surface area contributed by atoms with Crippen molar-refractivity contribution in [1.82, 2.24) is 4.90 Å². The largest absolute Gasteiger partial charge is 0.385 e. The van der Waals surface area contributed by atoms with Crippen molar-refractivity contribution >= 4 is 17.3 Å². The van der Waals surface area contributed by atoms with Crippen LogP contribution in [0.1, 0.15) is 23.5 Å². The molecule has 3 heteroatoms. The SMILES string of the molecule is CN(Cc1ccccc1Cl)CC1CCNc2ccccc21. The van der Waals surface area contributed by atoms with Gasteiger partial charge in [-0.25, -0.2) is 0 Å². The van der Waals surface area contributed by atoms with Gasteiger partial charge in [0.15, 0.2) is 0 Å². The highest BCUT2D eigenvalue weighted by atomic mass is 35.5. The summed E-state index contributed by atoms with van der Waals surface area (Å²) < 4.78 is 0. The summed E-state index contributed by atoms with van der Waals surface area (Å²) in [5.74, 6) is 0.593. The van der Waals surface area contributed by atoms with Crippen LogP contribution in [-0.4, -0.2) is 25.0 Å². The first-order valence-corrected chi connectivity index (χ1v) is 7.86. The second kappa shape index (κ2) is 6.50. The monoisotopic (exact) mass is 300 g/mol. The highest BCUT2D eigenvalue weighted by Gasteiger charge is 2.21. The second-order valence-corrected chi connectivity index (χ2v) is 6.19. The number of hydrogen-bond acceptors (Lipinski definition) is 2. The average Bonchev–Trinajstić information content (AvgIpc) is 2.50. The molecule has 1 atom stereocenters. The molecule has 0 bridgehead atoms. The topological polar surface area (TPSA) is 15.3 Å². The number of nitrogens with one attached hydrogen (secondary N) is 1. The summed E-state index contributed by atoms with van der Waals surface area (Å²) >= 11 is 6.26. The molecule has 1 aliphatic heterocycles. The number of hydrogen-bond donors (Lipinski definition) is 1. The van der Waals surface area contributed by atoms with Crippen LogP contribution in [0.3, 0.4) is 0 Å². The van der Waals surface area contributed by atoms with E-state index < -0.39 is 0 Å². The van der Waals surface area contributed by atoms with E-state index in [4.69, 9.17) is 11.6 Å². The fourth-order valence-corrected chi connectivity index (χ4v) is 3.29. The Hall–Kier alpha value is -1.51. The predicted molar refractivity (Wildman–Crippen MR) is 90.1 cm³/mol. The zero-order valence-electron chi connectivity index (χ0n) is 12.3. The maximum Gasteiger partial charge on any atom is 0.0451 e. The molecule has 0 amide bonds. The van der Waals surface area contributed by atoms with Crippen molar-refractivity contribution in [2.45, 2.75) is 18.9 Å². The molecular formula is C18H21ClN2. The number of rotatable bonds is 4. The van der Waals surface area contributed by atoms with Gasteiger partial charge >= 0.3 is 0 Å². The molecule has 110 valence electrons. The molecule has 0 aliphatic carbocycles. The molecule has 1 N–H and O–H groups in total. The maximum absolute atomic E-state index is 6.26. The zero-order chi connectivity index (χ0) is 14.7. The lowest BCUT2D eigenvalue weighted by Gasteiger charge is -2.30. The zero-order valence-corrected chi connectivity index (χ0v) is 13.1. The predicted octanol–water partition coefficient (Wildman–Crippen LogP) is 4.37. The number of benzene rings is 2. The van der Waals surface area contributed by atoms with Crippen LogP contribution in [-0.2, 0) is 6.54 Å². The van der Waals surface area contributed by atoms with Crippen molar-refractivity contribution in [2.75, 3.05) is 25.5 Å². The molecule has 0 fully saturated rings. The molecule has 0 saturated heterocycles. The fraction of sp³-hybridized carbons (Fsp3) is 0.333. The van der Waals surface area contributed by atoms with Gasteiger partial charge < -0.3 is 10.2 Å². The molecule has 0 aromatic heterocycles. The molecule has 2 nitrogen and oxygen atoms in total. The number of likely N-dealkylation sites (N-methyl/N-ethyl adjacent to an activating group) is 1. The van der Waals surface area contributed by atoms with Crippen LogP contribution in [0.2, 0.25) is 5.02 Å². The number of nitrogens with zero attached hydrogens (tertiary/aromatic N) is 1. The Kier molecular flexibility index (Phi) is 4.47. The van der Waals surface area contributed by atoms with Gasteiger partial charge in [-0.05, 0) is 36.7 Å². The first-order valence-electron chi connectivity index (χ1n) is 7.49. The molecule has 2 aromatic carbocycles. The van der Waals surface area contributed by atoms with Crippen molar-refractivity contribution in [2.24, 2.45) is 0 Å². The number of halogens is 1. The highest BCUT2D eigenvalue weighted by Crippen LogP contribution is 2.32. The number of anilines is 1. The first-order chi connectivity index (χ1) is 10.2. The molecule has 0 radical (unpaired) electrons. The van der Waals surface area contributed by atoms with E-state index in [1.165, 1.54) is 23.2 Å². The quantitative estimate of drug-likeness (QED) is 0.902. The van der Waals surface area contributed by atoms with E-state index >= 15 is 0 Å². The molecule has 1 unspecified atom stereocenters. The van der Waals surface area contributed by atoms with Gasteiger partial charge in [0.2, 0.25) is 0 Å². The van der Waals surface area contributed by atoms with Crippen molar-refractivity contribution < 1.29 is 0 Å². The van der Waals surface area contributed by atoms with E-state index in [9.17, 15) is 0 Å². The molecule has 0 spiro atoms. The summed E-state index contributed by atoms with van der Waals surface area (Å²) in [7, 11) is 2.17. The summed E-state index contributed by atoms with van der Waals surface area (Å²) in [5, 5.41) is 4.34. The third kappa shape index (κ3) is 3.39. The summed E-state index contributed by atoms with van der Waals surface area (Å²) in [4.78, 5) is 2.37. The first kappa shape index (κ1) is 14.4. The van der Waals surface area contributed by atoms with Gasteiger partial charge in [-0.2, -0.15) is 0 Å². The number of para-hydroxylation sites is 1. The van der Waals surface area contributed by atoms with Gasteiger partial charge in [0.05, 0.1) is 0 Å². The van der Waals surface area contributed by atoms with Crippen LogP contribution in [0.4, 0.5) is 5.69 Å². The Morgan fingerprint density at radius 2 is 1.90 bits per heavy atom. The van der Waals surface area contributed by atoms with E-state index in [1.54, 1.807) is 0 Å². The maximum atomic E-state index is 6.26. The molecule has 1 aliphatic rings.